The van der Waals surface area contributed by atoms with Crippen molar-refractivity contribution in [2.45, 2.75) is 25.3 Å². The first-order valence-electron chi connectivity index (χ1n) is 5.86. The van der Waals surface area contributed by atoms with Gasteiger partial charge in [-0.3, -0.25) is 4.98 Å². The number of rotatable bonds is 2. The third-order valence-electron chi connectivity index (χ3n) is 3.58. The van der Waals surface area contributed by atoms with Crippen molar-refractivity contribution < 1.29 is 0 Å². The molecule has 2 nitrogen and oxygen atoms in total. The third kappa shape index (κ3) is 1.50. The highest BCUT2D eigenvalue weighted by Crippen LogP contribution is 2.50. The number of aromatic nitrogens is 1. The number of benzene rings is 1. The Labute approximate surface area is 95.5 Å². The van der Waals surface area contributed by atoms with Crippen molar-refractivity contribution in [3.63, 3.8) is 0 Å². The summed E-state index contributed by atoms with van der Waals surface area (Å²) < 4.78 is 0. The molecule has 1 saturated carbocycles. The number of pyridine rings is 1. The first-order chi connectivity index (χ1) is 7.77. The van der Waals surface area contributed by atoms with Crippen LogP contribution in [0.15, 0.2) is 36.5 Å². The summed E-state index contributed by atoms with van der Waals surface area (Å²) in [6.07, 6.45) is 3.09. The van der Waals surface area contributed by atoms with Crippen LogP contribution in [0.3, 0.4) is 0 Å². The Kier molecular flexibility index (Phi) is 2.18. The number of para-hydroxylation sites is 1. The van der Waals surface area contributed by atoms with Crippen LogP contribution < -0.4 is 5.73 Å². The van der Waals surface area contributed by atoms with Crippen LogP contribution >= 0.6 is 0 Å². The monoisotopic (exact) mass is 212 g/mol. The molecule has 1 aromatic carbocycles. The fourth-order valence-corrected chi connectivity index (χ4v) is 2.58. The van der Waals surface area contributed by atoms with Crippen LogP contribution in [0, 0.1) is 5.92 Å². The largest absolute Gasteiger partial charge is 0.328 e. The van der Waals surface area contributed by atoms with Gasteiger partial charge in [-0.05, 0) is 36.8 Å². The molecule has 0 radical (unpaired) electrons. The van der Waals surface area contributed by atoms with Crippen LogP contribution in [0.1, 0.15) is 24.8 Å². The quantitative estimate of drug-likeness (QED) is 0.831. The highest BCUT2D eigenvalue weighted by molar-refractivity contribution is 5.82. The van der Waals surface area contributed by atoms with E-state index in [1.807, 2.05) is 12.3 Å². The lowest BCUT2D eigenvalue weighted by molar-refractivity contribution is 0.632. The van der Waals surface area contributed by atoms with Crippen molar-refractivity contribution in [1.82, 2.24) is 4.98 Å². The van der Waals surface area contributed by atoms with Crippen LogP contribution in [0.25, 0.3) is 10.9 Å². The summed E-state index contributed by atoms with van der Waals surface area (Å²) >= 11 is 0. The van der Waals surface area contributed by atoms with Crippen LogP contribution in [0.2, 0.25) is 0 Å². The average Bonchev–Trinajstić information content (AvgIpc) is 3.08. The van der Waals surface area contributed by atoms with Gasteiger partial charge in [-0.2, -0.15) is 0 Å². The topological polar surface area (TPSA) is 38.9 Å². The van der Waals surface area contributed by atoms with E-state index in [2.05, 4.69) is 36.2 Å². The summed E-state index contributed by atoms with van der Waals surface area (Å²) in [5, 5.41) is 1.23. The summed E-state index contributed by atoms with van der Waals surface area (Å²) in [6, 6.07) is 10.8. The molecule has 3 rings (SSSR count). The molecule has 3 unspecified atom stereocenters. The van der Waals surface area contributed by atoms with E-state index in [9.17, 15) is 0 Å². The molecule has 16 heavy (non-hydrogen) atoms. The summed E-state index contributed by atoms with van der Waals surface area (Å²) in [4.78, 5) is 4.50. The maximum Gasteiger partial charge on any atom is 0.0736 e. The molecule has 0 spiro atoms. The number of nitrogens with zero attached hydrogens (tertiary/aromatic N) is 1. The van der Waals surface area contributed by atoms with E-state index in [0.29, 0.717) is 17.9 Å². The van der Waals surface area contributed by atoms with Crippen LogP contribution in [0.4, 0.5) is 0 Å². The second kappa shape index (κ2) is 3.56. The maximum absolute atomic E-state index is 5.95. The Morgan fingerprint density at radius 1 is 1.31 bits per heavy atom. The fraction of sp³-hybridized carbons (Fsp3) is 0.357. The molecule has 0 amide bonds. The maximum atomic E-state index is 5.95. The molecule has 2 heteroatoms. The number of nitrogens with two attached hydrogens (primary N) is 1. The van der Waals surface area contributed by atoms with E-state index in [4.69, 9.17) is 5.73 Å². The van der Waals surface area contributed by atoms with Crippen molar-refractivity contribution >= 4 is 10.9 Å². The number of hydrogen-bond acceptors (Lipinski definition) is 2. The average molecular weight is 212 g/mol. The van der Waals surface area contributed by atoms with Gasteiger partial charge in [0.05, 0.1) is 5.52 Å². The molecule has 1 aromatic heterocycles. The van der Waals surface area contributed by atoms with Crippen molar-refractivity contribution in [2.75, 3.05) is 0 Å². The van der Waals surface area contributed by atoms with Crippen LogP contribution in [-0.2, 0) is 0 Å². The standard InChI is InChI=1S/C14H16N2/c1-9(15)12-8-13(12)11-6-2-4-10-5-3-7-16-14(10)11/h2-7,9,12-13H,8,15H2,1H3. The van der Waals surface area contributed by atoms with Crippen molar-refractivity contribution in [3.8, 4) is 0 Å². The molecule has 1 aliphatic carbocycles. The summed E-state index contributed by atoms with van der Waals surface area (Å²) in [6.45, 7) is 2.10. The molecule has 0 bridgehead atoms. The van der Waals surface area contributed by atoms with E-state index >= 15 is 0 Å². The molecule has 0 aliphatic heterocycles. The molecule has 0 saturated heterocycles. The molecule has 1 aliphatic rings. The van der Waals surface area contributed by atoms with Gasteiger partial charge in [-0.25, -0.2) is 0 Å². The van der Waals surface area contributed by atoms with Gasteiger partial charge in [0.2, 0.25) is 0 Å². The van der Waals surface area contributed by atoms with Crippen LogP contribution in [-0.4, -0.2) is 11.0 Å². The van der Waals surface area contributed by atoms with Gasteiger partial charge < -0.3 is 5.73 Å². The SMILES string of the molecule is CC(N)C1CC1c1cccc2cccnc12. The first-order valence-corrected chi connectivity index (χ1v) is 5.86. The zero-order valence-electron chi connectivity index (χ0n) is 9.43. The van der Waals surface area contributed by atoms with E-state index in [1.54, 1.807) is 0 Å². The van der Waals surface area contributed by atoms with Gasteiger partial charge in [-0.1, -0.05) is 24.3 Å². The highest BCUT2D eigenvalue weighted by atomic mass is 14.7. The van der Waals surface area contributed by atoms with E-state index in [1.165, 1.54) is 17.4 Å². The lowest BCUT2D eigenvalue weighted by Crippen LogP contribution is -2.18. The normalized spacial score (nSPS) is 25.6. The Hall–Kier alpha value is -1.41. The van der Waals surface area contributed by atoms with Crippen molar-refractivity contribution in [1.29, 1.82) is 0 Å². The van der Waals surface area contributed by atoms with Gasteiger partial charge >= 0.3 is 0 Å². The van der Waals surface area contributed by atoms with Gasteiger partial charge in [0.25, 0.3) is 0 Å². The van der Waals surface area contributed by atoms with Crippen molar-refractivity contribution in [3.05, 3.63) is 42.1 Å². The van der Waals surface area contributed by atoms with Gasteiger partial charge in [-0.15, -0.1) is 0 Å². The minimum Gasteiger partial charge on any atom is -0.328 e. The molecule has 2 aromatic rings. The predicted molar refractivity (Wildman–Crippen MR) is 66.2 cm³/mol. The van der Waals surface area contributed by atoms with Gasteiger partial charge in [0.15, 0.2) is 0 Å². The minimum absolute atomic E-state index is 0.295. The molecular formula is C14H16N2. The Balaban J connectivity index is 2.05. The van der Waals surface area contributed by atoms with Gasteiger partial charge in [0.1, 0.15) is 0 Å². The predicted octanol–water partition coefficient (Wildman–Crippen LogP) is 2.69. The number of hydrogen-bond donors (Lipinski definition) is 1. The third-order valence-corrected chi connectivity index (χ3v) is 3.58. The second-order valence-corrected chi connectivity index (χ2v) is 4.79. The number of fused-ring (bicyclic) bond motifs is 1. The first kappa shape index (κ1) is 9.79. The zero-order chi connectivity index (χ0) is 11.1. The Morgan fingerprint density at radius 3 is 2.88 bits per heavy atom. The van der Waals surface area contributed by atoms with E-state index in [0.717, 1.165) is 5.52 Å². The molecular weight excluding hydrogens is 196 g/mol. The Bertz CT molecular complexity index is 514. The zero-order valence-corrected chi connectivity index (χ0v) is 9.43. The van der Waals surface area contributed by atoms with Gasteiger partial charge in [0, 0.05) is 17.6 Å². The van der Waals surface area contributed by atoms with Crippen molar-refractivity contribution in [2.24, 2.45) is 11.7 Å². The fourth-order valence-electron chi connectivity index (χ4n) is 2.58. The van der Waals surface area contributed by atoms with E-state index < -0.39 is 0 Å². The van der Waals surface area contributed by atoms with Crippen LogP contribution in [0.5, 0.6) is 0 Å². The minimum atomic E-state index is 0.295. The van der Waals surface area contributed by atoms with E-state index in [-0.39, 0.29) is 0 Å². The molecule has 3 atom stereocenters. The highest BCUT2D eigenvalue weighted by Gasteiger charge is 2.41. The lowest BCUT2D eigenvalue weighted by atomic mass is 10.0. The lowest BCUT2D eigenvalue weighted by Gasteiger charge is -2.06. The summed E-state index contributed by atoms with van der Waals surface area (Å²) in [5.41, 5.74) is 8.48. The molecule has 82 valence electrons. The smallest absolute Gasteiger partial charge is 0.0736 e. The summed E-state index contributed by atoms with van der Waals surface area (Å²) in [7, 11) is 0. The second-order valence-electron chi connectivity index (χ2n) is 4.79. The Morgan fingerprint density at radius 2 is 2.12 bits per heavy atom. The summed E-state index contributed by atoms with van der Waals surface area (Å²) in [5.74, 6) is 1.27. The molecule has 2 N–H and O–H groups in total. The molecule has 1 fully saturated rings. The molecule has 1 heterocycles.